The molecule has 2 heteroatoms. The number of likely N-dealkylation sites (N-methyl/N-ethyl adjacent to an activating group) is 1. The molecule has 0 spiro atoms. The number of hydrogen-bond donors (Lipinski definition) is 1. The SMILES string of the molecule is C=C(/C=C/CN(C)C)NC(C)C. The lowest BCUT2D eigenvalue weighted by atomic mass is 10.3. The van der Waals surface area contributed by atoms with E-state index < -0.39 is 0 Å². The van der Waals surface area contributed by atoms with Gasteiger partial charge >= 0.3 is 0 Å². The molecule has 0 aliphatic heterocycles. The lowest BCUT2D eigenvalue weighted by Gasteiger charge is -2.09. The van der Waals surface area contributed by atoms with Gasteiger partial charge in [-0.3, -0.25) is 0 Å². The first-order chi connectivity index (χ1) is 5.52. The Hall–Kier alpha value is -0.760. The lowest BCUT2D eigenvalue weighted by molar-refractivity contribution is 0.456. The Morgan fingerprint density at radius 3 is 2.50 bits per heavy atom. The maximum absolute atomic E-state index is 3.88. The van der Waals surface area contributed by atoms with E-state index in [0.29, 0.717) is 6.04 Å². The van der Waals surface area contributed by atoms with Crippen LogP contribution in [0.25, 0.3) is 0 Å². The molecule has 1 N–H and O–H groups in total. The van der Waals surface area contributed by atoms with Crippen molar-refractivity contribution in [2.24, 2.45) is 0 Å². The molecule has 0 fully saturated rings. The van der Waals surface area contributed by atoms with Crippen molar-refractivity contribution < 1.29 is 0 Å². The van der Waals surface area contributed by atoms with Crippen LogP contribution in [-0.4, -0.2) is 31.6 Å². The second-order valence-electron chi connectivity index (χ2n) is 3.49. The van der Waals surface area contributed by atoms with Crippen LogP contribution in [-0.2, 0) is 0 Å². The molecule has 70 valence electrons. The molecule has 0 bridgehead atoms. The number of nitrogens with one attached hydrogen (secondary N) is 1. The Morgan fingerprint density at radius 2 is 2.08 bits per heavy atom. The smallest absolute Gasteiger partial charge is 0.0266 e. The summed E-state index contributed by atoms with van der Waals surface area (Å²) in [5.41, 5.74) is 0.979. The number of rotatable bonds is 5. The second kappa shape index (κ2) is 5.84. The topological polar surface area (TPSA) is 15.3 Å². The van der Waals surface area contributed by atoms with E-state index in [0.717, 1.165) is 12.2 Å². The normalized spacial score (nSPS) is 11.5. The van der Waals surface area contributed by atoms with Crippen molar-refractivity contribution in [3.8, 4) is 0 Å². The highest BCUT2D eigenvalue weighted by atomic mass is 15.0. The molecule has 0 atom stereocenters. The zero-order valence-corrected chi connectivity index (χ0v) is 8.59. The molecule has 2 nitrogen and oxygen atoms in total. The lowest BCUT2D eigenvalue weighted by Crippen LogP contribution is -2.20. The standard InChI is InChI=1S/C10H20N2/c1-9(2)11-10(3)7-6-8-12(4)5/h6-7,9,11H,3,8H2,1-2,4-5H3/b7-6+. The van der Waals surface area contributed by atoms with Gasteiger partial charge < -0.3 is 10.2 Å². The van der Waals surface area contributed by atoms with E-state index in [2.05, 4.69) is 36.7 Å². The first-order valence-electron chi connectivity index (χ1n) is 4.29. The molecule has 0 aromatic carbocycles. The van der Waals surface area contributed by atoms with Gasteiger partial charge in [0.25, 0.3) is 0 Å². The van der Waals surface area contributed by atoms with Crippen molar-refractivity contribution in [3.05, 3.63) is 24.4 Å². The Balaban J connectivity index is 3.61. The van der Waals surface area contributed by atoms with Gasteiger partial charge in [0.05, 0.1) is 0 Å². The highest BCUT2D eigenvalue weighted by molar-refractivity contribution is 5.12. The van der Waals surface area contributed by atoms with Gasteiger partial charge in [-0.15, -0.1) is 0 Å². The number of hydrogen-bond acceptors (Lipinski definition) is 2. The first-order valence-corrected chi connectivity index (χ1v) is 4.29. The van der Waals surface area contributed by atoms with Crippen LogP contribution < -0.4 is 5.32 Å². The van der Waals surface area contributed by atoms with Gasteiger partial charge in [-0.05, 0) is 34.0 Å². The Kier molecular flexibility index (Phi) is 5.47. The summed E-state index contributed by atoms with van der Waals surface area (Å²) in [6.45, 7) is 9.04. The van der Waals surface area contributed by atoms with Crippen molar-refractivity contribution in [3.63, 3.8) is 0 Å². The molecule has 0 aromatic heterocycles. The van der Waals surface area contributed by atoms with E-state index in [1.165, 1.54) is 0 Å². The zero-order valence-electron chi connectivity index (χ0n) is 8.59. The summed E-state index contributed by atoms with van der Waals surface area (Å²) in [4.78, 5) is 2.11. The van der Waals surface area contributed by atoms with Gasteiger partial charge in [-0.2, -0.15) is 0 Å². The van der Waals surface area contributed by atoms with E-state index >= 15 is 0 Å². The third kappa shape index (κ3) is 7.35. The van der Waals surface area contributed by atoms with Gasteiger partial charge in [0, 0.05) is 18.3 Å². The summed E-state index contributed by atoms with van der Waals surface area (Å²) in [5, 5.41) is 3.22. The van der Waals surface area contributed by atoms with Crippen LogP contribution in [0.1, 0.15) is 13.8 Å². The van der Waals surface area contributed by atoms with E-state index in [9.17, 15) is 0 Å². The molecule has 12 heavy (non-hydrogen) atoms. The van der Waals surface area contributed by atoms with Crippen LogP contribution in [0.3, 0.4) is 0 Å². The van der Waals surface area contributed by atoms with E-state index in [1.807, 2.05) is 20.2 Å². The first kappa shape index (κ1) is 11.2. The fourth-order valence-corrected chi connectivity index (χ4v) is 0.825. The third-order valence-electron chi connectivity index (χ3n) is 1.26. The Morgan fingerprint density at radius 1 is 1.50 bits per heavy atom. The summed E-state index contributed by atoms with van der Waals surface area (Å²) in [6, 6.07) is 0.460. The minimum atomic E-state index is 0.460. The summed E-state index contributed by atoms with van der Waals surface area (Å²) in [7, 11) is 4.09. The molecule has 0 rings (SSSR count). The predicted octanol–water partition coefficient (Wildman–Crippen LogP) is 1.62. The fourth-order valence-electron chi connectivity index (χ4n) is 0.825. The molecule has 0 heterocycles. The van der Waals surface area contributed by atoms with Crippen LogP contribution >= 0.6 is 0 Å². The van der Waals surface area contributed by atoms with Crippen molar-refractivity contribution in [2.75, 3.05) is 20.6 Å². The van der Waals surface area contributed by atoms with Crippen molar-refractivity contribution >= 4 is 0 Å². The molecule has 0 aromatic rings. The van der Waals surface area contributed by atoms with Crippen molar-refractivity contribution in [1.82, 2.24) is 10.2 Å². The molecular weight excluding hydrogens is 148 g/mol. The number of allylic oxidation sites excluding steroid dienone is 1. The van der Waals surface area contributed by atoms with E-state index in [1.54, 1.807) is 0 Å². The number of nitrogens with zero attached hydrogens (tertiary/aromatic N) is 1. The average molecular weight is 168 g/mol. The molecular formula is C10H20N2. The maximum Gasteiger partial charge on any atom is 0.0266 e. The van der Waals surface area contributed by atoms with Gasteiger partial charge in [0.2, 0.25) is 0 Å². The predicted molar refractivity (Wildman–Crippen MR) is 55.1 cm³/mol. The van der Waals surface area contributed by atoms with Crippen LogP contribution in [0.4, 0.5) is 0 Å². The molecule has 0 unspecified atom stereocenters. The van der Waals surface area contributed by atoms with Crippen molar-refractivity contribution in [1.29, 1.82) is 0 Å². The van der Waals surface area contributed by atoms with Crippen LogP contribution in [0.5, 0.6) is 0 Å². The molecule has 0 saturated heterocycles. The largest absolute Gasteiger partial charge is 0.383 e. The van der Waals surface area contributed by atoms with Gasteiger partial charge in [0.15, 0.2) is 0 Å². The molecule has 0 amide bonds. The molecule has 0 saturated carbocycles. The van der Waals surface area contributed by atoms with Crippen LogP contribution in [0, 0.1) is 0 Å². The van der Waals surface area contributed by atoms with E-state index in [4.69, 9.17) is 0 Å². The molecule has 0 aliphatic rings. The summed E-state index contributed by atoms with van der Waals surface area (Å²) in [5.74, 6) is 0. The second-order valence-corrected chi connectivity index (χ2v) is 3.49. The Bertz CT molecular complexity index is 157. The minimum Gasteiger partial charge on any atom is -0.383 e. The maximum atomic E-state index is 3.88. The zero-order chi connectivity index (χ0) is 9.56. The Labute approximate surface area is 76.0 Å². The van der Waals surface area contributed by atoms with E-state index in [-0.39, 0.29) is 0 Å². The summed E-state index contributed by atoms with van der Waals surface area (Å²) in [6.07, 6.45) is 4.11. The fraction of sp³-hybridized carbons (Fsp3) is 0.600. The van der Waals surface area contributed by atoms with Crippen LogP contribution in [0.2, 0.25) is 0 Å². The average Bonchev–Trinajstić information content (AvgIpc) is 1.84. The highest BCUT2D eigenvalue weighted by Crippen LogP contribution is 1.90. The van der Waals surface area contributed by atoms with Crippen LogP contribution in [0.15, 0.2) is 24.4 Å². The molecule has 0 aliphatic carbocycles. The highest BCUT2D eigenvalue weighted by Gasteiger charge is 1.90. The quantitative estimate of drug-likeness (QED) is 0.627. The molecule has 0 radical (unpaired) electrons. The van der Waals surface area contributed by atoms with Gasteiger partial charge in [-0.1, -0.05) is 12.7 Å². The minimum absolute atomic E-state index is 0.460. The monoisotopic (exact) mass is 168 g/mol. The van der Waals surface area contributed by atoms with Crippen molar-refractivity contribution in [2.45, 2.75) is 19.9 Å². The van der Waals surface area contributed by atoms with Gasteiger partial charge in [0.1, 0.15) is 0 Å². The third-order valence-corrected chi connectivity index (χ3v) is 1.26. The summed E-state index contributed by atoms with van der Waals surface area (Å²) < 4.78 is 0. The summed E-state index contributed by atoms with van der Waals surface area (Å²) >= 11 is 0. The van der Waals surface area contributed by atoms with Gasteiger partial charge in [-0.25, -0.2) is 0 Å².